The fourth-order valence-corrected chi connectivity index (χ4v) is 1.63. The molecule has 0 atom stereocenters. The predicted octanol–water partition coefficient (Wildman–Crippen LogP) is 0.377. The lowest BCUT2D eigenvalue weighted by Gasteiger charge is -2.06. The number of amides is 2. The van der Waals surface area contributed by atoms with Crippen LogP contribution in [0.25, 0.3) is 0 Å². The normalized spacial score (nSPS) is 10.3. The summed E-state index contributed by atoms with van der Waals surface area (Å²) in [5.41, 5.74) is 0.615. The molecule has 0 spiro atoms. The number of nitrogens with zero attached hydrogens (tertiary/aromatic N) is 3. The summed E-state index contributed by atoms with van der Waals surface area (Å²) in [6, 6.07) is 1.40. The molecule has 0 aliphatic rings. The Kier molecular flexibility index (Phi) is 4.54. The van der Waals surface area contributed by atoms with E-state index >= 15 is 0 Å². The monoisotopic (exact) mass is 293 g/mol. The first kappa shape index (κ1) is 14.6. The maximum Gasteiger partial charge on any atom is 0.356 e. The van der Waals surface area contributed by atoms with Crippen molar-refractivity contribution in [1.82, 2.24) is 25.3 Å². The number of hydrogen-bond acceptors (Lipinski definition) is 5. The third-order valence-electron chi connectivity index (χ3n) is 2.61. The standard InChI is InChI=1S/C12H15N5O4/c1-8-4-9(16-21-8)5-14-12(20)13-2-3-17-6-10(11(18)19)15-7-17/h4,6-7H,2-3,5H2,1H3,(H,18,19)(H2,13,14,20). The molecule has 0 aliphatic heterocycles. The molecule has 0 saturated heterocycles. The molecular formula is C12H15N5O4. The van der Waals surface area contributed by atoms with Crippen LogP contribution in [0, 0.1) is 6.92 Å². The number of carbonyl (C=O) groups is 2. The average Bonchev–Trinajstić information content (AvgIpc) is 3.05. The van der Waals surface area contributed by atoms with Gasteiger partial charge in [-0.2, -0.15) is 0 Å². The van der Waals surface area contributed by atoms with Gasteiger partial charge in [0.2, 0.25) is 0 Å². The van der Waals surface area contributed by atoms with Gasteiger partial charge >= 0.3 is 12.0 Å². The first-order valence-corrected chi connectivity index (χ1v) is 6.23. The number of carbonyl (C=O) groups excluding carboxylic acids is 1. The van der Waals surface area contributed by atoms with Crippen molar-refractivity contribution in [3.05, 3.63) is 35.7 Å². The zero-order chi connectivity index (χ0) is 15.2. The second-order valence-electron chi connectivity index (χ2n) is 4.34. The molecule has 0 bridgehead atoms. The highest BCUT2D eigenvalue weighted by molar-refractivity contribution is 5.84. The summed E-state index contributed by atoms with van der Waals surface area (Å²) in [6.45, 7) is 2.82. The molecule has 0 unspecified atom stereocenters. The van der Waals surface area contributed by atoms with E-state index in [2.05, 4.69) is 20.8 Å². The Morgan fingerprint density at radius 1 is 1.43 bits per heavy atom. The topological polar surface area (TPSA) is 122 Å². The molecule has 112 valence electrons. The molecule has 21 heavy (non-hydrogen) atoms. The molecule has 2 aromatic heterocycles. The molecule has 0 radical (unpaired) electrons. The van der Waals surface area contributed by atoms with Gasteiger partial charge in [0.25, 0.3) is 0 Å². The summed E-state index contributed by atoms with van der Waals surface area (Å²) in [5, 5.41) is 17.7. The van der Waals surface area contributed by atoms with Crippen LogP contribution in [0.1, 0.15) is 21.9 Å². The van der Waals surface area contributed by atoms with Crippen LogP contribution in [0.15, 0.2) is 23.1 Å². The first-order chi connectivity index (χ1) is 10.0. The maximum absolute atomic E-state index is 11.5. The number of urea groups is 1. The number of aromatic nitrogens is 3. The summed E-state index contributed by atoms with van der Waals surface area (Å²) < 4.78 is 6.47. The van der Waals surface area contributed by atoms with Crippen molar-refractivity contribution in [2.75, 3.05) is 6.54 Å². The lowest BCUT2D eigenvalue weighted by atomic mass is 10.4. The number of carboxylic acid groups (broad SMARTS) is 1. The number of aryl methyl sites for hydroxylation is 1. The molecular weight excluding hydrogens is 278 g/mol. The van der Waals surface area contributed by atoms with Crippen LogP contribution in [0.4, 0.5) is 4.79 Å². The van der Waals surface area contributed by atoms with Gasteiger partial charge in [0.1, 0.15) is 11.5 Å². The number of imidazole rings is 1. The van der Waals surface area contributed by atoms with Crippen molar-refractivity contribution in [3.8, 4) is 0 Å². The first-order valence-electron chi connectivity index (χ1n) is 6.23. The number of nitrogens with one attached hydrogen (secondary N) is 2. The Labute approximate surface area is 119 Å². The third kappa shape index (κ3) is 4.34. The predicted molar refractivity (Wildman–Crippen MR) is 70.7 cm³/mol. The van der Waals surface area contributed by atoms with Crippen molar-refractivity contribution < 1.29 is 19.2 Å². The highest BCUT2D eigenvalue weighted by Gasteiger charge is 2.07. The molecule has 3 N–H and O–H groups in total. The highest BCUT2D eigenvalue weighted by atomic mass is 16.5. The minimum atomic E-state index is -1.08. The van der Waals surface area contributed by atoms with E-state index in [1.165, 1.54) is 12.5 Å². The largest absolute Gasteiger partial charge is 0.476 e. The molecule has 0 aliphatic carbocycles. The van der Waals surface area contributed by atoms with Gasteiger partial charge in [0.05, 0.1) is 12.9 Å². The molecule has 2 amide bonds. The zero-order valence-electron chi connectivity index (χ0n) is 11.4. The molecule has 9 nitrogen and oxygen atoms in total. The Bertz CT molecular complexity index is 633. The summed E-state index contributed by atoms with van der Waals surface area (Å²) in [4.78, 5) is 25.9. The van der Waals surface area contributed by atoms with Crippen LogP contribution >= 0.6 is 0 Å². The second kappa shape index (κ2) is 6.55. The van der Waals surface area contributed by atoms with Crippen LogP contribution in [0.2, 0.25) is 0 Å². The average molecular weight is 293 g/mol. The number of hydrogen-bond donors (Lipinski definition) is 3. The van der Waals surface area contributed by atoms with Crippen molar-refractivity contribution in [1.29, 1.82) is 0 Å². The third-order valence-corrected chi connectivity index (χ3v) is 2.61. The summed E-state index contributed by atoms with van der Waals surface area (Å²) in [6.07, 6.45) is 2.81. The van der Waals surface area contributed by atoms with E-state index in [9.17, 15) is 9.59 Å². The fraction of sp³-hybridized carbons (Fsp3) is 0.333. The molecule has 0 fully saturated rings. The molecule has 2 heterocycles. The molecule has 2 aromatic rings. The molecule has 9 heteroatoms. The number of carboxylic acids is 1. The molecule has 0 aromatic carbocycles. The zero-order valence-corrected chi connectivity index (χ0v) is 11.4. The number of rotatable bonds is 6. The lowest BCUT2D eigenvalue weighted by molar-refractivity contribution is 0.0691. The Balaban J connectivity index is 1.67. The summed E-state index contributed by atoms with van der Waals surface area (Å²) in [7, 11) is 0. The minimum absolute atomic E-state index is 0.0270. The van der Waals surface area contributed by atoms with Crippen molar-refractivity contribution in [2.24, 2.45) is 0 Å². The second-order valence-corrected chi connectivity index (χ2v) is 4.34. The van der Waals surface area contributed by atoms with Crippen molar-refractivity contribution in [3.63, 3.8) is 0 Å². The summed E-state index contributed by atoms with van der Waals surface area (Å²) >= 11 is 0. The van der Waals surface area contributed by atoms with Gasteiger partial charge in [0, 0.05) is 25.4 Å². The van der Waals surface area contributed by atoms with Crippen molar-refractivity contribution >= 4 is 12.0 Å². The van der Waals surface area contributed by atoms with Gasteiger partial charge in [-0.15, -0.1) is 0 Å². The van der Waals surface area contributed by atoms with Crippen LogP contribution in [0.5, 0.6) is 0 Å². The number of aromatic carboxylic acids is 1. The van der Waals surface area contributed by atoms with E-state index < -0.39 is 5.97 Å². The summed E-state index contributed by atoms with van der Waals surface area (Å²) in [5.74, 6) is -0.399. The quantitative estimate of drug-likeness (QED) is 0.707. The minimum Gasteiger partial charge on any atom is -0.476 e. The van der Waals surface area contributed by atoms with E-state index in [0.29, 0.717) is 24.5 Å². The van der Waals surface area contributed by atoms with Gasteiger partial charge < -0.3 is 24.8 Å². The van der Waals surface area contributed by atoms with Crippen LogP contribution in [-0.4, -0.2) is 38.4 Å². The van der Waals surface area contributed by atoms with E-state index in [4.69, 9.17) is 9.63 Å². The smallest absolute Gasteiger partial charge is 0.356 e. The molecule has 2 rings (SSSR count). The van der Waals surface area contributed by atoms with E-state index in [1.807, 2.05) is 0 Å². The lowest BCUT2D eigenvalue weighted by Crippen LogP contribution is -2.36. The van der Waals surface area contributed by atoms with E-state index in [1.54, 1.807) is 17.6 Å². The Hall–Kier alpha value is -2.84. The van der Waals surface area contributed by atoms with E-state index in [0.717, 1.165) is 0 Å². The van der Waals surface area contributed by atoms with Gasteiger partial charge in [-0.25, -0.2) is 14.6 Å². The molecule has 0 saturated carbocycles. The maximum atomic E-state index is 11.5. The SMILES string of the molecule is Cc1cc(CNC(=O)NCCn2cnc(C(=O)O)c2)no1. The van der Waals surface area contributed by atoms with Gasteiger partial charge in [-0.05, 0) is 6.92 Å². The Morgan fingerprint density at radius 2 is 2.24 bits per heavy atom. The van der Waals surface area contributed by atoms with Crippen LogP contribution in [-0.2, 0) is 13.1 Å². The Morgan fingerprint density at radius 3 is 2.86 bits per heavy atom. The van der Waals surface area contributed by atoms with Crippen LogP contribution in [0.3, 0.4) is 0 Å². The highest BCUT2D eigenvalue weighted by Crippen LogP contribution is 2.00. The van der Waals surface area contributed by atoms with Gasteiger partial charge in [0.15, 0.2) is 5.69 Å². The van der Waals surface area contributed by atoms with Gasteiger partial charge in [-0.1, -0.05) is 5.16 Å². The van der Waals surface area contributed by atoms with Gasteiger partial charge in [-0.3, -0.25) is 0 Å². The van der Waals surface area contributed by atoms with E-state index in [-0.39, 0.29) is 18.3 Å². The van der Waals surface area contributed by atoms with Crippen molar-refractivity contribution in [2.45, 2.75) is 20.0 Å². The van der Waals surface area contributed by atoms with Crippen LogP contribution < -0.4 is 10.6 Å². The fourth-order valence-electron chi connectivity index (χ4n) is 1.63.